The van der Waals surface area contributed by atoms with Crippen molar-refractivity contribution in [3.8, 4) is 22.6 Å². The highest BCUT2D eigenvalue weighted by molar-refractivity contribution is 5.98. The number of carbonyl (C=O) groups excluding carboxylic acids is 6. The maximum absolute atomic E-state index is 14.4. The average Bonchev–Trinajstić information content (AvgIpc) is 3.90. The number of nitrogens with zero attached hydrogens (tertiary/aromatic N) is 2. The van der Waals surface area contributed by atoms with Gasteiger partial charge in [-0.1, -0.05) is 49.7 Å². The molecule has 1 saturated carbocycles. The van der Waals surface area contributed by atoms with Crippen LogP contribution in [0.1, 0.15) is 64.5 Å². The fourth-order valence-corrected chi connectivity index (χ4v) is 9.60. The lowest BCUT2D eigenvalue weighted by molar-refractivity contribution is -0.148. The Kier molecular flexibility index (Phi) is 17.8. The van der Waals surface area contributed by atoms with Crippen LogP contribution in [0, 0.1) is 11.8 Å². The molecule has 6 amide bonds. The molecule has 15 atom stereocenters. The van der Waals surface area contributed by atoms with Crippen LogP contribution in [0.5, 0.6) is 11.5 Å². The highest BCUT2D eigenvalue weighted by Crippen LogP contribution is 2.31. The van der Waals surface area contributed by atoms with Gasteiger partial charge in [0.25, 0.3) is 0 Å². The largest absolute Gasteiger partial charge is 0.508 e. The summed E-state index contributed by atoms with van der Waals surface area (Å²) in [5.41, 5.74) is 1.89. The highest BCUT2D eigenvalue weighted by atomic mass is 16.5. The van der Waals surface area contributed by atoms with Crippen LogP contribution >= 0.6 is 0 Å². The normalized spacial score (nSPS) is 30.5. The van der Waals surface area contributed by atoms with E-state index in [0.717, 1.165) is 53.4 Å². The number of hydrogen-bond acceptors (Lipinski definition) is 17. The van der Waals surface area contributed by atoms with Gasteiger partial charge in [0.1, 0.15) is 66.1 Å². The van der Waals surface area contributed by atoms with Crippen LogP contribution in [0.15, 0.2) is 72.8 Å². The second-order valence-electron chi connectivity index (χ2n) is 19.9. The number of aliphatic hydroxyl groups is 8. The Balaban J connectivity index is 1.21. The number of ether oxygens (including phenoxy) is 1. The summed E-state index contributed by atoms with van der Waals surface area (Å²) in [6.45, 7) is 3.55. The number of benzene rings is 3. The summed E-state index contributed by atoms with van der Waals surface area (Å²) in [5.74, 6) is -6.75. The zero-order valence-electron chi connectivity index (χ0n) is 41.1. The van der Waals surface area contributed by atoms with Gasteiger partial charge in [0.2, 0.25) is 35.4 Å². The quantitative estimate of drug-likeness (QED) is 0.0960. The lowest BCUT2D eigenvalue weighted by atomic mass is 9.86. The first-order valence-electron chi connectivity index (χ1n) is 24.8. The number of phenolic OH excluding ortho intramolecular Hbond substituents is 1. The summed E-state index contributed by atoms with van der Waals surface area (Å²) in [5, 5.41) is 112. The van der Waals surface area contributed by atoms with Gasteiger partial charge in [-0.2, -0.15) is 0 Å². The van der Waals surface area contributed by atoms with Crippen LogP contribution in [0.4, 0.5) is 5.69 Å². The van der Waals surface area contributed by atoms with E-state index in [2.05, 4.69) is 26.6 Å². The molecule has 23 nitrogen and oxygen atoms in total. The van der Waals surface area contributed by atoms with E-state index in [1.807, 2.05) is 24.3 Å². The van der Waals surface area contributed by atoms with Crippen LogP contribution < -0.4 is 31.3 Å². The van der Waals surface area contributed by atoms with Crippen molar-refractivity contribution in [3.05, 3.63) is 78.4 Å². The lowest BCUT2D eigenvalue weighted by Gasteiger charge is -2.34. The molecule has 0 aromatic heterocycles. The van der Waals surface area contributed by atoms with Crippen LogP contribution in [0.3, 0.4) is 0 Å². The molecule has 14 N–H and O–H groups in total. The third-order valence-electron chi connectivity index (χ3n) is 14.3. The molecule has 4 fully saturated rings. The monoisotopic (exact) mass is 1030 g/mol. The van der Waals surface area contributed by atoms with Crippen molar-refractivity contribution in [2.24, 2.45) is 11.8 Å². The number of nitrogens with one attached hydrogen (secondary N) is 5. The van der Waals surface area contributed by atoms with Crippen LogP contribution in [0.25, 0.3) is 11.1 Å². The third-order valence-corrected chi connectivity index (χ3v) is 14.3. The van der Waals surface area contributed by atoms with E-state index >= 15 is 0 Å². The molecule has 74 heavy (non-hydrogen) atoms. The molecule has 3 saturated heterocycles. The van der Waals surface area contributed by atoms with Gasteiger partial charge >= 0.3 is 0 Å². The van der Waals surface area contributed by atoms with Gasteiger partial charge < -0.3 is 87.1 Å². The molecule has 3 aliphatic heterocycles. The van der Waals surface area contributed by atoms with Crippen molar-refractivity contribution in [2.45, 2.75) is 138 Å². The average molecular weight is 1030 g/mol. The number of fused-ring (bicyclic) bond motifs is 2. The Morgan fingerprint density at radius 1 is 0.662 bits per heavy atom. The van der Waals surface area contributed by atoms with Crippen molar-refractivity contribution < 1.29 is 79.5 Å². The van der Waals surface area contributed by atoms with E-state index in [1.54, 1.807) is 24.3 Å². The summed E-state index contributed by atoms with van der Waals surface area (Å²) >= 11 is 0. The lowest BCUT2D eigenvalue weighted by Crippen LogP contribution is -2.64. The minimum Gasteiger partial charge on any atom is -0.508 e. The minimum atomic E-state index is -2.26. The summed E-state index contributed by atoms with van der Waals surface area (Å²) in [6.07, 6.45) is -12.5. The topological polar surface area (TPSA) is 360 Å². The number of carbonyl (C=O) groups is 6. The zero-order valence-corrected chi connectivity index (χ0v) is 41.1. The Morgan fingerprint density at radius 3 is 1.81 bits per heavy atom. The number of hydrogen-bond donors (Lipinski definition) is 14. The first-order valence-corrected chi connectivity index (χ1v) is 24.8. The zero-order chi connectivity index (χ0) is 53.7. The Labute approximate surface area is 426 Å². The molecule has 7 rings (SSSR count). The second-order valence-corrected chi connectivity index (χ2v) is 19.9. The molecule has 0 bridgehead atoms. The molecule has 23 heteroatoms. The predicted octanol–water partition coefficient (Wildman–Crippen LogP) is -2.30. The molecule has 0 spiro atoms. The molecule has 402 valence electrons. The maximum atomic E-state index is 14.4. The van der Waals surface area contributed by atoms with Gasteiger partial charge in [0.15, 0.2) is 6.23 Å². The van der Waals surface area contributed by atoms with Crippen molar-refractivity contribution in [3.63, 3.8) is 0 Å². The third kappa shape index (κ3) is 12.7. The molecule has 3 heterocycles. The predicted molar refractivity (Wildman–Crippen MR) is 262 cm³/mol. The van der Waals surface area contributed by atoms with Crippen molar-refractivity contribution in [1.29, 1.82) is 0 Å². The van der Waals surface area contributed by atoms with E-state index in [0.29, 0.717) is 18.2 Å². The molecule has 15 unspecified atom stereocenters. The molecule has 3 aromatic rings. The maximum Gasteiger partial charge on any atom is 0.248 e. The van der Waals surface area contributed by atoms with E-state index < -0.39 is 146 Å². The van der Waals surface area contributed by atoms with Gasteiger partial charge in [0, 0.05) is 37.5 Å². The molecule has 0 radical (unpaired) electrons. The summed E-state index contributed by atoms with van der Waals surface area (Å²) in [6, 6.07) is 8.00. The van der Waals surface area contributed by atoms with Crippen molar-refractivity contribution in [2.75, 3.05) is 25.0 Å². The van der Waals surface area contributed by atoms with Crippen LogP contribution in [-0.2, 0) is 28.8 Å². The summed E-state index contributed by atoms with van der Waals surface area (Å²) in [7, 11) is 0. The number of aliphatic hydroxyl groups excluding tert-OH is 8. The molecule has 3 aromatic carbocycles. The van der Waals surface area contributed by atoms with Gasteiger partial charge in [0.05, 0.1) is 31.0 Å². The first kappa shape index (κ1) is 55.3. The summed E-state index contributed by atoms with van der Waals surface area (Å²) < 4.78 is 5.93. The van der Waals surface area contributed by atoms with Crippen LogP contribution in [-0.4, -0.2) is 190 Å². The highest BCUT2D eigenvalue weighted by Gasteiger charge is 2.50. The standard InChI is InChI=1S/C51H67N7O16/c1-24-21-58-41(42(24)64)49(71)56-47(69)37(63)20-35(52-31-13-7-28(8-14-31)29-11-17-34(18-12-29)74-23-27-5-4-6-27)45(67)53-38(25(2)59)50(72)57-22-33(62)19-36(57)46(68)55-40(48(70)54-39(26(3)60)51(58)73)44(66)43(65)30-9-15-32(61)16-10-30/h7-18,24-27,33,35-44,47,52,59-66,69H,4-6,19-23H2,1-3H3,(H,53,67)(H,54,70)(H,55,68)(H,56,71). The molecular formula is C51H67N7O16. The van der Waals surface area contributed by atoms with E-state index in [1.165, 1.54) is 37.6 Å². The van der Waals surface area contributed by atoms with Gasteiger partial charge in [-0.25, -0.2) is 0 Å². The smallest absolute Gasteiger partial charge is 0.248 e. The second kappa shape index (κ2) is 23.8. The SMILES string of the molecule is CC(O)C1NC(=O)C(Nc2ccc(-c3ccc(OCC4CCC4)cc3)cc2)CC(O)C(O)NC(=O)C2C(O)C(C)CN2C(=O)C(C(C)O)NC(=O)C(C(O)C(O)c2ccc(O)cc2)NC(=O)C2CC(O)CN2C1=O. The Bertz CT molecular complexity index is 2460. The first-order chi connectivity index (χ1) is 35.1. The van der Waals surface area contributed by atoms with Gasteiger partial charge in [-0.3, -0.25) is 28.8 Å². The number of anilines is 1. The van der Waals surface area contributed by atoms with Crippen LogP contribution in [0.2, 0.25) is 0 Å². The Morgan fingerprint density at radius 2 is 1.23 bits per heavy atom. The van der Waals surface area contributed by atoms with E-state index in [9.17, 15) is 74.7 Å². The number of amides is 6. The fraction of sp³-hybridized carbons (Fsp3) is 0.529. The fourth-order valence-electron chi connectivity index (χ4n) is 9.60. The van der Waals surface area contributed by atoms with Crippen molar-refractivity contribution >= 4 is 41.1 Å². The number of phenols is 1. The number of aromatic hydroxyl groups is 1. The number of rotatable bonds is 11. The van der Waals surface area contributed by atoms with E-state index in [4.69, 9.17) is 4.74 Å². The molecule has 4 aliphatic rings. The summed E-state index contributed by atoms with van der Waals surface area (Å²) in [4.78, 5) is 87.4. The molecular weight excluding hydrogens is 967 g/mol. The molecule has 1 aliphatic carbocycles. The van der Waals surface area contributed by atoms with Gasteiger partial charge in [-0.15, -0.1) is 0 Å². The van der Waals surface area contributed by atoms with E-state index in [-0.39, 0.29) is 17.9 Å². The van der Waals surface area contributed by atoms with Crippen molar-refractivity contribution in [1.82, 2.24) is 31.1 Å². The van der Waals surface area contributed by atoms with Gasteiger partial charge in [-0.05, 0) is 85.7 Å². The minimum absolute atomic E-state index is 0.0525. The Hall–Kier alpha value is -6.44.